The molecular weight excluding hydrogens is 642 g/mol. The number of rotatable bonds is 6. The van der Waals surface area contributed by atoms with Gasteiger partial charge in [0.2, 0.25) is 0 Å². The summed E-state index contributed by atoms with van der Waals surface area (Å²) in [6.45, 7) is 0. The normalized spacial score (nSPS) is 11.0. The van der Waals surface area contributed by atoms with Crippen molar-refractivity contribution in [2.24, 2.45) is 0 Å². The third kappa shape index (κ3) is 3.64. The van der Waals surface area contributed by atoms with Gasteiger partial charge < -0.3 is 0 Å². The number of hydrogen-bond donors (Lipinski definition) is 6. The Balaban J connectivity index is 3.71. The van der Waals surface area contributed by atoms with Crippen molar-refractivity contribution in [3.8, 4) is 0 Å². The van der Waals surface area contributed by atoms with Gasteiger partial charge in [-0.3, -0.25) is 0 Å². The first-order chi connectivity index (χ1) is 8.69. The predicted octanol–water partition coefficient (Wildman–Crippen LogP) is -8.89. The molecule has 0 aliphatic rings. The Bertz CT molecular complexity index is 307. The van der Waals surface area contributed by atoms with Crippen molar-refractivity contribution in [3.05, 3.63) is 0 Å². The minimum atomic E-state index is -0.944. The van der Waals surface area contributed by atoms with Crippen LogP contribution in [0.2, 0.25) is 0 Å². The van der Waals surface area contributed by atoms with E-state index in [1.165, 1.54) is 0 Å². The summed E-state index contributed by atoms with van der Waals surface area (Å²) in [6.07, 6.45) is 0. The molecule has 6 N–H and O–H groups in total. The summed E-state index contributed by atoms with van der Waals surface area (Å²) in [5.74, 6) is 0. The van der Waals surface area contributed by atoms with E-state index in [1.54, 1.807) is 0 Å². The monoisotopic (exact) mass is 654 g/mol. The van der Waals surface area contributed by atoms with Gasteiger partial charge in [0.05, 0.1) is 0 Å². The van der Waals surface area contributed by atoms with Crippen LogP contribution in [-0.2, 0) is 0 Å². The first kappa shape index (κ1) is 18.1. The molecule has 6 nitrogen and oxygen atoms in total. The Morgan fingerprint density at radius 1 is 0.333 bits per heavy atom. The molecule has 0 aliphatic carbocycles. The third-order valence-corrected chi connectivity index (χ3v) is 13.2. The molecule has 0 amide bonds. The molecule has 0 bridgehead atoms. The maximum absolute atomic E-state index is 9.42. The predicted molar refractivity (Wildman–Crippen MR) is 72.1 cm³/mol. The van der Waals surface area contributed by atoms with E-state index in [4.69, 9.17) is 0 Å². The average molecular weight is 648 g/mol. The molecule has 1 aromatic rings. The molecule has 0 fully saturated rings. The summed E-state index contributed by atoms with van der Waals surface area (Å²) < 4.78 is 59.2. The molecule has 0 aromatic heterocycles. The van der Waals surface area contributed by atoms with Gasteiger partial charge in [0.15, 0.2) is 0 Å². The number of hydrogen-bond acceptors (Lipinski definition) is 6. The van der Waals surface area contributed by atoms with E-state index in [1.807, 2.05) is 0 Å². The molecule has 0 unspecified atom stereocenters. The van der Waals surface area contributed by atoms with Gasteiger partial charge in [0.1, 0.15) is 0 Å². The van der Waals surface area contributed by atoms with Gasteiger partial charge in [-0.1, -0.05) is 0 Å². The molecule has 0 saturated carbocycles. The molecule has 1 rings (SSSR count). The quantitative estimate of drug-likeness (QED) is 0.171. The van der Waals surface area contributed by atoms with Crippen LogP contribution < -0.4 is 26.8 Å². The average Bonchev–Trinajstić information content (AvgIpc) is 2.43. The zero-order valence-corrected chi connectivity index (χ0v) is 18.4. The fraction of sp³-hybridized carbons (Fsp3) is 0. The van der Waals surface area contributed by atoms with Crippen molar-refractivity contribution < 1.29 is 25.1 Å². The fourth-order valence-corrected chi connectivity index (χ4v) is 12.6. The second kappa shape index (κ2) is 9.18. The SMILES string of the molecule is O[Se]c1c([Se]O)c([Se]O)c([Se]O)c([Se]O)c1[Se]O. The molecule has 0 radical (unpaired) electrons. The van der Waals surface area contributed by atoms with Gasteiger partial charge in [0, 0.05) is 0 Å². The van der Waals surface area contributed by atoms with E-state index in [0.717, 1.165) is 0 Å². The van der Waals surface area contributed by atoms with Crippen molar-refractivity contribution in [1.82, 2.24) is 0 Å². The van der Waals surface area contributed by atoms with Gasteiger partial charge in [-0.05, 0) is 0 Å². The second-order valence-electron chi connectivity index (χ2n) is 2.52. The topological polar surface area (TPSA) is 121 Å². The molecule has 0 heterocycles. The maximum atomic E-state index is 9.42. The van der Waals surface area contributed by atoms with Gasteiger partial charge in [0.25, 0.3) is 0 Å². The first-order valence-corrected chi connectivity index (χ1v) is 13.6. The Labute approximate surface area is 142 Å². The van der Waals surface area contributed by atoms with Crippen molar-refractivity contribution in [2.45, 2.75) is 0 Å². The summed E-state index contributed by atoms with van der Waals surface area (Å²) in [6, 6.07) is 0. The van der Waals surface area contributed by atoms with Gasteiger partial charge in [-0.2, -0.15) is 0 Å². The summed E-state index contributed by atoms with van der Waals surface area (Å²) in [5, 5.41) is 0. The Morgan fingerprint density at radius 3 is 0.500 bits per heavy atom. The van der Waals surface area contributed by atoms with Crippen molar-refractivity contribution in [2.75, 3.05) is 0 Å². The first-order valence-electron chi connectivity index (χ1n) is 3.82. The molecule has 0 saturated heterocycles. The molecule has 0 atom stereocenters. The van der Waals surface area contributed by atoms with Crippen LogP contribution in [0.1, 0.15) is 0 Å². The zero-order chi connectivity index (χ0) is 13.7. The van der Waals surface area contributed by atoms with Crippen LogP contribution in [-0.4, -0.2) is 117 Å². The van der Waals surface area contributed by atoms with E-state index in [-0.39, 0.29) is 0 Å². The third-order valence-electron chi connectivity index (χ3n) is 1.79. The van der Waals surface area contributed by atoms with Crippen LogP contribution in [0.25, 0.3) is 0 Å². The van der Waals surface area contributed by atoms with E-state index in [0.29, 0.717) is 26.8 Å². The van der Waals surface area contributed by atoms with E-state index < -0.39 is 91.7 Å². The standard InChI is InChI=1S/C6H6O6Se6/c7-13-1-2(14-8)4(16-10)6(18-12)5(17-11)3(1)15-9/h7-12H. The van der Waals surface area contributed by atoms with Crippen molar-refractivity contribution >= 4 is 118 Å². The fourth-order valence-electron chi connectivity index (χ4n) is 1.12. The van der Waals surface area contributed by atoms with Crippen LogP contribution in [0.15, 0.2) is 0 Å². The Morgan fingerprint density at radius 2 is 0.444 bits per heavy atom. The number of benzene rings is 1. The van der Waals surface area contributed by atoms with Crippen LogP contribution in [0.5, 0.6) is 0 Å². The zero-order valence-electron chi connectivity index (χ0n) is 8.13. The summed E-state index contributed by atoms with van der Waals surface area (Å²) in [5.41, 5.74) is 0. The summed E-state index contributed by atoms with van der Waals surface area (Å²) >= 11 is -5.66. The molecule has 12 heteroatoms. The minimum absolute atomic E-state index is 0.442. The van der Waals surface area contributed by atoms with Crippen LogP contribution in [0.3, 0.4) is 0 Å². The van der Waals surface area contributed by atoms with Crippen LogP contribution in [0.4, 0.5) is 0 Å². The van der Waals surface area contributed by atoms with Crippen LogP contribution in [0, 0.1) is 0 Å². The molecule has 102 valence electrons. The van der Waals surface area contributed by atoms with Gasteiger partial charge in [-0.25, -0.2) is 0 Å². The molecular formula is C6H6O6Se6. The van der Waals surface area contributed by atoms with E-state index in [2.05, 4.69) is 0 Å². The Hall–Kier alpha value is 2.10. The summed E-state index contributed by atoms with van der Waals surface area (Å²) in [7, 11) is 0. The summed E-state index contributed by atoms with van der Waals surface area (Å²) in [4.78, 5) is 0. The van der Waals surface area contributed by atoms with Crippen molar-refractivity contribution in [3.63, 3.8) is 0 Å². The van der Waals surface area contributed by atoms with Crippen molar-refractivity contribution in [1.29, 1.82) is 0 Å². The molecule has 0 aliphatic heterocycles. The molecule has 1 aromatic carbocycles. The second-order valence-corrected chi connectivity index (χ2v) is 9.96. The van der Waals surface area contributed by atoms with Crippen LogP contribution >= 0.6 is 0 Å². The Kier molecular flexibility index (Phi) is 9.26. The van der Waals surface area contributed by atoms with Gasteiger partial charge in [-0.15, -0.1) is 0 Å². The van der Waals surface area contributed by atoms with Gasteiger partial charge >= 0.3 is 144 Å². The van der Waals surface area contributed by atoms with E-state index in [9.17, 15) is 25.1 Å². The van der Waals surface area contributed by atoms with E-state index >= 15 is 0 Å². The molecule has 0 spiro atoms. The molecule has 18 heavy (non-hydrogen) atoms.